The van der Waals surface area contributed by atoms with Gasteiger partial charge in [-0.1, -0.05) is 31.2 Å². The minimum absolute atomic E-state index is 0.132. The van der Waals surface area contributed by atoms with E-state index >= 15 is 0 Å². The molecule has 2 heterocycles. The van der Waals surface area contributed by atoms with Gasteiger partial charge in [0.05, 0.1) is 24.3 Å². The Morgan fingerprint density at radius 3 is 2.61 bits per heavy atom. The Labute approximate surface area is 185 Å². The molecule has 1 N–H and O–H groups in total. The van der Waals surface area contributed by atoms with Crippen molar-refractivity contribution >= 4 is 32.8 Å². The Morgan fingerprint density at radius 2 is 1.90 bits per heavy atom. The average molecular weight is 458 g/mol. The number of carbonyl (C=O) groups excluding carboxylic acids is 1. The van der Waals surface area contributed by atoms with Crippen molar-refractivity contribution in [1.29, 1.82) is 0 Å². The van der Waals surface area contributed by atoms with Crippen molar-refractivity contribution in [2.24, 2.45) is 0 Å². The van der Waals surface area contributed by atoms with E-state index in [2.05, 4.69) is 5.32 Å². The maximum Gasteiger partial charge on any atom is 0.225 e. The normalized spacial score (nSPS) is 15.8. The summed E-state index contributed by atoms with van der Waals surface area (Å²) in [4.78, 5) is 13.7. The number of fused-ring (bicyclic) bond motifs is 1. The summed E-state index contributed by atoms with van der Waals surface area (Å²) in [7, 11) is -2.16. The van der Waals surface area contributed by atoms with Crippen LogP contribution in [0.2, 0.25) is 0 Å². The quantitative estimate of drug-likeness (QED) is 0.548. The number of anilines is 1. The molecule has 4 rings (SSSR count). The van der Waals surface area contributed by atoms with Gasteiger partial charge in [-0.25, -0.2) is 8.42 Å². The largest absolute Gasteiger partial charge is 0.493 e. The van der Waals surface area contributed by atoms with E-state index in [1.165, 1.54) is 11.3 Å². The van der Waals surface area contributed by atoms with Gasteiger partial charge in [0.25, 0.3) is 0 Å². The Kier molecular flexibility index (Phi) is 6.02. The summed E-state index contributed by atoms with van der Waals surface area (Å²) in [6.45, 7) is 2.57. The number of hydrogen-bond acceptors (Lipinski definition) is 6. The average Bonchev–Trinajstić information content (AvgIpc) is 3.22. The lowest BCUT2D eigenvalue weighted by atomic mass is 9.90. The zero-order valence-electron chi connectivity index (χ0n) is 17.3. The second-order valence-corrected chi connectivity index (χ2v) is 10.0. The molecule has 0 aliphatic carbocycles. The van der Waals surface area contributed by atoms with E-state index in [1.807, 2.05) is 25.1 Å². The lowest BCUT2D eigenvalue weighted by molar-refractivity contribution is -0.116. The van der Waals surface area contributed by atoms with Crippen LogP contribution in [0.25, 0.3) is 0 Å². The van der Waals surface area contributed by atoms with Crippen molar-refractivity contribution < 1.29 is 22.7 Å². The molecule has 1 atom stereocenters. The molecule has 1 aliphatic rings. The molecule has 8 heteroatoms. The van der Waals surface area contributed by atoms with Crippen molar-refractivity contribution in [3.63, 3.8) is 0 Å². The molecule has 1 aliphatic heterocycles. The third-order valence-corrected chi connectivity index (χ3v) is 8.19. The monoisotopic (exact) mass is 457 g/mol. The maximum atomic E-state index is 13.2. The van der Waals surface area contributed by atoms with Crippen LogP contribution in [-0.4, -0.2) is 28.0 Å². The third kappa shape index (κ3) is 4.05. The van der Waals surface area contributed by atoms with Crippen LogP contribution in [0.3, 0.4) is 0 Å². The first kappa shape index (κ1) is 21.4. The predicted octanol–water partition coefficient (Wildman–Crippen LogP) is 4.85. The van der Waals surface area contributed by atoms with Crippen LogP contribution in [0.15, 0.2) is 63.7 Å². The number of amides is 1. The van der Waals surface area contributed by atoms with Crippen LogP contribution in [0.1, 0.15) is 36.1 Å². The van der Waals surface area contributed by atoms with Gasteiger partial charge in [-0.2, -0.15) is 0 Å². The zero-order chi connectivity index (χ0) is 22.0. The van der Waals surface area contributed by atoms with Crippen LogP contribution in [-0.2, 0) is 14.6 Å². The number of carbonyl (C=O) groups is 1. The maximum absolute atomic E-state index is 13.2. The third-order valence-electron chi connectivity index (χ3n) is 5.15. The van der Waals surface area contributed by atoms with E-state index in [1.54, 1.807) is 42.8 Å². The number of sulfone groups is 1. The zero-order valence-corrected chi connectivity index (χ0v) is 18.9. The highest BCUT2D eigenvalue weighted by molar-refractivity contribution is 7.91. The summed E-state index contributed by atoms with van der Waals surface area (Å²) in [6.07, 6.45) is 1.09. The number of rotatable bonds is 7. The van der Waals surface area contributed by atoms with Crippen LogP contribution >= 0.6 is 11.3 Å². The first-order valence-electron chi connectivity index (χ1n) is 9.97. The highest BCUT2D eigenvalue weighted by atomic mass is 32.2. The molecule has 0 bridgehead atoms. The predicted molar refractivity (Wildman–Crippen MR) is 120 cm³/mol. The molecule has 3 aromatic rings. The number of ether oxygens (including phenoxy) is 2. The van der Waals surface area contributed by atoms with E-state index in [9.17, 15) is 13.2 Å². The van der Waals surface area contributed by atoms with Gasteiger partial charge in [0, 0.05) is 22.6 Å². The Bertz CT molecular complexity index is 1200. The Morgan fingerprint density at radius 1 is 1.13 bits per heavy atom. The standard InChI is InChI=1S/C23H23NO5S2/c1-3-11-29-19-12-15(9-10-18(19)28-2)17-13-21(25)24-22-20(14-30-23(17)22)31(26,27)16-7-5-4-6-8-16/h4-10,12,14,17H,3,11,13H2,1-2H3,(H,24,25)/t17-/m1/s1. The van der Waals surface area contributed by atoms with Crippen LogP contribution in [0, 0.1) is 0 Å². The number of methoxy groups -OCH3 is 1. The fourth-order valence-corrected chi connectivity index (χ4v) is 6.56. The number of nitrogens with one attached hydrogen (secondary N) is 1. The molecule has 31 heavy (non-hydrogen) atoms. The number of thiophene rings is 1. The summed E-state index contributed by atoms with van der Waals surface area (Å²) in [5, 5.41) is 4.41. The van der Waals surface area contributed by atoms with Crippen molar-refractivity contribution in [2.75, 3.05) is 19.0 Å². The van der Waals surface area contributed by atoms with Crippen LogP contribution < -0.4 is 14.8 Å². The molecule has 1 aromatic heterocycles. The topological polar surface area (TPSA) is 81.7 Å². The van der Waals surface area contributed by atoms with Gasteiger partial charge < -0.3 is 14.8 Å². The molecule has 0 spiro atoms. The number of benzene rings is 2. The lowest BCUT2D eigenvalue weighted by Gasteiger charge is -2.24. The molecule has 0 fully saturated rings. The van der Waals surface area contributed by atoms with Gasteiger partial charge in [-0.15, -0.1) is 11.3 Å². The van der Waals surface area contributed by atoms with Gasteiger partial charge in [-0.3, -0.25) is 4.79 Å². The summed E-state index contributed by atoms with van der Waals surface area (Å²) in [5.41, 5.74) is 1.26. The second kappa shape index (κ2) is 8.72. The summed E-state index contributed by atoms with van der Waals surface area (Å²) in [6, 6.07) is 13.8. The van der Waals surface area contributed by atoms with Crippen LogP contribution in [0.4, 0.5) is 5.69 Å². The highest BCUT2D eigenvalue weighted by Crippen LogP contribution is 2.47. The first-order chi connectivity index (χ1) is 15.0. The Balaban J connectivity index is 1.77. The second-order valence-electron chi connectivity index (χ2n) is 7.22. The molecule has 2 aromatic carbocycles. The molecular weight excluding hydrogens is 434 g/mol. The van der Waals surface area contributed by atoms with Crippen molar-refractivity contribution in [3.05, 3.63) is 64.4 Å². The fraction of sp³-hybridized carbons (Fsp3) is 0.261. The fourth-order valence-electron chi connectivity index (χ4n) is 3.63. The summed E-state index contributed by atoms with van der Waals surface area (Å²) in [5.74, 6) is 0.759. The minimum atomic E-state index is -3.75. The van der Waals surface area contributed by atoms with Gasteiger partial charge >= 0.3 is 0 Å². The smallest absolute Gasteiger partial charge is 0.225 e. The van der Waals surface area contributed by atoms with E-state index < -0.39 is 9.84 Å². The van der Waals surface area contributed by atoms with Gasteiger partial charge in [0.15, 0.2) is 11.5 Å². The van der Waals surface area contributed by atoms with Crippen molar-refractivity contribution in [1.82, 2.24) is 0 Å². The summed E-state index contributed by atoms with van der Waals surface area (Å²) < 4.78 is 37.6. The summed E-state index contributed by atoms with van der Waals surface area (Å²) >= 11 is 1.35. The van der Waals surface area contributed by atoms with Crippen molar-refractivity contribution in [2.45, 2.75) is 35.5 Å². The van der Waals surface area contributed by atoms with Gasteiger partial charge in [0.2, 0.25) is 15.7 Å². The van der Waals surface area contributed by atoms with Crippen LogP contribution in [0.5, 0.6) is 11.5 Å². The molecule has 1 amide bonds. The highest BCUT2D eigenvalue weighted by Gasteiger charge is 2.34. The van der Waals surface area contributed by atoms with E-state index in [0.29, 0.717) is 23.8 Å². The van der Waals surface area contributed by atoms with E-state index in [-0.39, 0.29) is 28.0 Å². The van der Waals surface area contributed by atoms with Crippen molar-refractivity contribution in [3.8, 4) is 11.5 Å². The lowest BCUT2D eigenvalue weighted by Crippen LogP contribution is -2.23. The molecule has 0 saturated heterocycles. The molecule has 162 valence electrons. The van der Waals surface area contributed by atoms with E-state index in [4.69, 9.17) is 9.47 Å². The minimum Gasteiger partial charge on any atom is -0.493 e. The molecule has 6 nitrogen and oxygen atoms in total. The molecule has 0 unspecified atom stereocenters. The number of hydrogen-bond donors (Lipinski definition) is 1. The first-order valence-corrected chi connectivity index (χ1v) is 12.3. The van der Waals surface area contributed by atoms with Gasteiger partial charge in [0.1, 0.15) is 4.90 Å². The molecular formula is C23H23NO5S2. The van der Waals surface area contributed by atoms with Gasteiger partial charge in [-0.05, 0) is 36.2 Å². The van der Waals surface area contributed by atoms with E-state index in [0.717, 1.165) is 16.9 Å². The SMILES string of the molecule is CCCOc1cc([C@H]2CC(=O)Nc3c(S(=O)(=O)c4ccccc4)csc32)ccc1OC. The Hall–Kier alpha value is -2.84. The molecule has 0 radical (unpaired) electrons. The molecule has 0 saturated carbocycles.